The molecule has 2 aromatic heterocycles. The van der Waals surface area contributed by atoms with Crippen molar-refractivity contribution in [3.63, 3.8) is 0 Å². The summed E-state index contributed by atoms with van der Waals surface area (Å²) in [6, 6.07) is 29.0. The summed E-state index contributed by atoms with van der Waals surface area (Å²) < 4.78 is 0. The molecule has 0 aliphatic carbocycles. The third-order valence-electron chi connectivity index (χ3n) is 11.4. The summed E-state index contributed by atoms with van der Waals surface area (Å²) in [6.07, 6.45) is 1.55. The normalized spacial score (nSPS) is 15.7. The molecule has 0 radical (unpaired) electrons. The van der Waals surface area contributed by atoms with Gasteiger partial charge in [0.05, 0.1) is 23.4 Å². The lowest BCUT2D eigenvalue weighted by Crippen LogP contribution is -2.59. The number of urea groups is 1. The van der Waals surface area contributed by atoms with Crippen molar-refractivity contribution in [3.05, 3.63) is 132 Å². The molecule has 0 saturated carbocycles. The summed E-state index contributed by atoms with van der Waals surface area (Å²) in [5.41, 5.74) is 3.83. The van der Waals surface area contributed by atoms with E-state index in [4.69, 9.17) is 0 Å². The van der Waals surface area contributed by atoms with Crippen molar-refractivity contribution in [3.8, 4) is 11.3 Å². The maximum Gasteiger partial charge on any atom is 0.405 e. The number of para-hydroxylation sites is 1. The van der Waals surface area contributed by atoms with Gasteiger partial charge < -0.3 is 36.0 Å². The van der Waals surface area contributed by atoms with E-state index in [0.717, 1.165) is 38.9 Å². The molecule has 1 aliphatic rings. The largest absolute Gasteiger partial charge is 0.465 e. The number of nitrogens with zero attached hydrogens (tertiary/aromatic N) is 4. The lowest BCUT2D eigenvalue weighted by atomic mass is 9.84. The number of nitrogens with one attached hydrogen (secondary N) is 3. The summed E-state index contributed by atoms with van der Waals surface area (Å²) >= 11 is 0. The quantitative estimate of drug-likeness (QED) is 0.0718. The zero-order valence-corrected chi connectivity index (χ0v) is 36.4. The molecule has 6 rings (SSSR count). The number of carbonyl (C=O) groups excluding carboxylic acids is 3. The molecule has 5 amide bonds. The fourth-order valence-electron chi connectivity index (χ4n) is 8.26. The maximum absolute atomic E-state index is 14.7. The van der Waals surface area contributed by atoms with E-state index in [1.54, 1.807) is 43.0 Å². The van der Waals surface area contributed by atoms with E-state index in [2.05, 4.69) is 25.9 Å². The van der Waals surface area contributed by atoms with Gasteiger partial charge in [-0.1, -0.05) is 120 Å². The van der Waals surface area contributed by atoms with Crippen LogP contribution in [0, 0.1) is 10.8 Å². The first-order chi connectivity index (χ1) is 29.5. The summed E-state index contributed by atoms with van der Waals surface area (Å²) in [5.74, 6) is -0.929. The van der Waals surface area contributed by atoms with Gasteiger partial charge in [-0.25, -0.2) is 9.59 Å². The van der Waals surface area contributed by atoms with Crippen molar-refractivity contribution in [1.82, 2.24) is 35.7 Å². The van der Waals surface area contributed by atoms with Crippen LogP contribution in [-0.4, -0.2) is 97.3 Å². The molecule has 326 valence electrons. The highest BCUT2D eigenvalue weighted by Crippen LogP contribution is 2.30. The van der Waals surface area contributed by atoms with Crippen molar-refractivity contribution in [2.45, 2.75) is 97.6 Å². The molecule has 5 aromatic rings. The van der Waals surface area contributed by atoms with Crippen LogP contribution in [0.2, 0.25) is 0 Å². The fraction of sp³-hybridized carbons (Fsp3) is 0.388. The molecular weight excluding hydrogens is 783 g/mol. The molecule has 62 heavy (non-hydrogen) atoms. The Morgan fingerprint density at radius 2 is 1.39 bits per heavy atom. The Bertz CT molecular complexity index is 2310. The van der Waals surface area contributed by atoms with Gasteiger partial charge in [-0.3, -0.25) is 19.6 Å². The molecule has 3 aromatic carbocycles. The van der Waals surface area contributed by atoms with Crippen LogP contribution >= 0.6 is 0 Å². The lowest BCUT2D eigenvalue weighted by molar-refractivity contribution is -0.131. The SMILES string of the molecule is CC(C)(C)[C@H](NC(=O)O)C(=O)N[C@H](Cc1ccc(-c2ccccn2)cc1)C[C@H](O)[C@H](Cc1ccccc1)NC(=O)[C@@H](N1CCN(Cc2ccnc3ccccc23)C1=O)C(C)(C)C. The first-order valence-corrected chi connectivity index (χ1v) is 21.2. The molecule has 0 bridgehead atoms. The Kier molecular flexibility index (Phi) is 14.3. The Morgan fingerprint density at radius 3 is 2.05 bits per heavy atom. The van der Waals surface area contributed by atoms with E-state index in [1.165, 1.54) is 0 Å². The number of hydrogen-bond acceptors (Lipinski definition) is 7. The van der Waals surface area contributed by atoms with E-state index in [-0.39, 0.29) is 18.9 Å². The Hall–Kier alpha value is -6.34. The van der Waals surface area contributed by atoms with Crippen molar-refractivity contribution in [2.75, 3.05) is 13.1 Å². The Labute approximate surface area is 364 Å². The number of aromatic nitrogens is 2. The zero-order chi connectivity index (χ0) is 44.6. The number of hydrogen-bond donors (Lipinski definition) is 5. The topological polar surface area (TPSA) is 177 Å². The minimum Gasteiger partial charge on any atom is -0.465 e. The summed E-state index contributed by atoms with van der Waals surface area (Å²) in [4.78, 5) is 66.9. The van der Waals surface area contributed by atoms with Crippen LogP contribution in [-0.2, 0) is 29.0 Å². The third-order valence-corrected chi connectivity index (χ3v) is 11.4. The summed E-state index contributed by atoms with van der Waals surface area (Å²) in [5, 5.41) is 31.4. The number of pyridine rings is 2. The number of aliphatic hydroxyl groups excluding tert-OH is 1. The van der Waals surface area contributed by atoms with Crippen LogP contribution in [0.5, 0.6) is 0 Å². The molecule has 1 fully saturated rings. The van der Waals surface area contributed by atoms with Crippen LogP contribution < -0.4 is 16.0 Å². The number of aliphatic hydroxyl groups is 1. The number of rotatable bonds is 16. The van der Waals surface area contributed by atoms with Gasteiger partial charge in [0, 0.05) is 49.0 Å². The first kappa shape index (κ1) is 45.2. The molecule has 0 unspecified atom stereocenters. The number of benzene rings is 3. The highest BCUT2D eigenvalue weighted by Gasteiger charge is 2.44. The van der Waals surface area contributed by atoms with Crippen molar-refractivity contribution in [2.24, 2.45) is 10.8 Å². The summed E-state index contributed by atoms with van der Waals surface area (Å²) in [7, 11) is 0. The van der Waals surface area contributed by atoms with Crippen molar-refractivity contribution >= 4 is 34.8 Å². The first-order valence-electron chi connectivity index (χ1n) is 21.2. The van der Waals surface area contributed by atoms with Gasteiger partial charge in [-0.15, -0.1) is 0 Å². The molecule has 0 spiro atoms. The third kappa shape index (κ3) is 11.5. The number of carbonyl (C=O) groups is 4. The highest BCUT2D eigenvalue weighted by atomic mass is 16.4. The second kappa shape index (κ2) is 19.6. The predicted molar refractivity (Wildman–Crippen MR) is 240 cm³/mol. The van der Waals surface area contributed by atoms with E-state index < -0.39 is 59.0 Å². The smallest absolute Gasteiger partial charge is 0.405 e. The van der Waals surface area contributed by atoms with Crippen LogP contribution in [0.3, 0.4) is 0 Å². The van der Waals surface area contributed by atoms with E-state index in [0.29, 0.717) is 26.1 Å². The van der Waals surface area contributed by atoms with Gasteiger partial charge >= 0.3 is 12.1 Å². The molecule has 5 atom stereocenters. The Morgan fingerprint density at radius 1 is 0.710 bits per heavy atom. The number of amides is 5. The average molecular weight is 842 g/mol. The standard InChI is InChI=1S/C49H59N7O6/c1-48(2,3)42(54-46(60)61)44(58)52-36(28-33-19-21-34(22-20-33)38-17-12-13-24-50-38)30-41(57)40(29-32-14-8-7-9-15-32)53-45(59)43(49(4,5)6)56-27-26-55(47(56)62)31-35-23-25-51-39-18-11-10-16-37(35)39/h7-25,36,40-43,54,57H,26-31H2,1-6H3,(H,52,58)(H,53,59)(H,60,61)/t36-,40+,41+,42-,43-/m1/s1. The van der Waals surface area contributed by atoms with E-state index >= 15 is 0 Å². The van der Waals surface area contributed by atoms with Gasteiger partial charge in [0.2, 0.25) is 11.8 Å². The second-order valence-electron chi connectivity index (χ2n) is 18.3. The highest BCUT2D eigenvalue weighted by molar-refractivity contribution is 5.89. The molecular formula is C49H59N7O6. The second-order valence-corrected chi connectivity index (χ2v) is 18.3. The monoisotopic (exact) mass is 841 g/mol. The number of carboxylic acid groups (broad SMARTS) is 1. The van der Waals surface area contributed by atoms with E-state index in [1.807, 2.05) is 124 Å². The minimum atomic E-state index is -1.33. The molecule has 1 saturated heterocycles. The van der Waals surface area contributed by atoms with Crippen LogP contribution in [0.1, 0.15) is 64.7 Å². The van der Waals surface area contributed by atoms with Crippen LogP contribution in [0.15, 0.2) is 116 Å². The van der Waals surface area contributed by atoms with E-state index in [9.17, 15) is 29.4 Å². The minimum absolute atomic E-state index is 0.0198. The zero-order valence-electron chi connectivity index (χ0n) is 36.4. The lowest BCUT2D eigenvalue weighted by Gasteiger charge is -2.38. The Balaban J connectivity index is 1.25. The van der Waals surface area contributed by atoms with Gasteiger partial charge in [-0.05, 0) is 71.0 Å². The van der Waals surface area contributed by atoms with Gasteiger partial charge in [0.1, 0.15) is 12.1 Å². The fourth-order valence-corrected chi connectivity index (χ4v) is 8.26. The molecule has 13 nitrogen and oxygen atoms in total. The maximum atomic E-state index is 14.7. The number of fused-ring (bicyclic) bond motifs is 1. The van der Waals surface area contributed by atoms with Crippen LogP contribution in [0.4, 0.5) is 9.59 Å². The van der Waals surface area contributed by atoms with Gasteiger partial charge in [0.25, 0.3) is 0 Å². The molecule has 1 aliphatic heterocycles. The van der Waals surface area contributed by atoms with Gasteiger partial charge in [-0.2, -0.15) is 0 Å². The van der Waals surface area contributed by atoms with Crippen LogP contribution in [0.25, 0.3) is 22.2 Å². The average Bonchev–Trinajstić information content (AvgIpc) is 3.57. The summed E-state index contributed by atoms with van der Waals surface area (Å²) in [6.45, 7) is 12.2. The molecule has 3 heterocycles. The molecule has 5 N–H and O–H groups in total. The predicted octanol–water partition coefficient (Wildman–Crippen LogP) is 6.84. The van der Waals surface area contributed by atoms with Crippen molar-refractivity contribution in [1.29, 1.82) is 0 Å². The van der Waals surface area contributed by atoms with Crippen molar-refractivity contribution < 1.29 is 29.4 Å². The molecule has 13 heteroatoms. The van der Waals surface area contributed by atoms with Gasteiger partial charge in [0.15, 0.2) is 0 Å².